The van der Waals surface area contributed by atoms with Crippen LogP contribution in [0.25, 0.3) is 10.6 Å². The van der Waals surface area contributed by atoms with E-state index in [2.05, 4.69) is 10.3 Å². The lowest BCUT2D eigenvalue weighted by atomic mass is 10.2. The van der Waals surface area contributed by atoms with Gasteiger partial charge < -0.3 is 10.1 Å². The summed E-state index contributed by atoms with van der Waals surface area (Å²) in [5.74, 6) is -0.333. The molecule has 1 heterocycles. The standard InChI is InChI=1S/C20H19FN2O2S/c1-13-18(26-20(23-13)15-7-4-3-5-8-15)12-22-19(24)14(2)25-17-10-6-9-16(21)11-17/h3-11,14H,12H2,1-2H3,(H,22,24). The first-order valence-corrected chi connectivity index (χ1v) is 9.06. The predicted octanol–water partition coefficient (Wildman–Crippen LogP) is 4.34. The molecule has 26 heavy (non-hydrogen) atoms. The van der Waals surface area contributed by atoms with Crippen LogP contribution in [-0.2, 0) is 11.3 Å². The van der Waals surface area contributed by atoms with Gasteiger partial charge in [0.15, 0.2) is 6.10 Å². The number of hydrogen-bond donors (Lipinski definition) is 1. The second-order valence-electron chi connectivity index (χ2n) is 5.83. The fourth-order valence-electron chi connectivity index (χ4n) is 2.41. The summed E-state index contributed by atoms with van der Waals surface area (Å²) in [7, 11) is 0. The Labute approximate surface area is 155 Å². The average Bonchev–Trinajstić information content (AvgIpc) is 3.01. The fourth-order valence-corrected chi connectivity index (χ4v) is 3.41. The van der Waals surface area contributed by atoms with Gasteiger partial charge in [0.1, 0.15) is 16.6 Å². The first-order chi connectivity index (χ1) is 12.5. The van der Waals surface area contributed by atoms with Crippen molar-refractivity contribution >= 4 is 17.2 Å². The number of amides is 1. The van der Waals surface area contributed by atoms with Crippen molar-refractivity contribution in [3.8, 4) is 16.3 Å². The lowest BCUT2D eigenvalue weighted by Gasteiger charge is -2.14. The number of benzene rings is 2. The highest BCUT2D eigenvalue weighted by Crippen LogP contribution is 2.27. The normalized spacial score (nSPS) is 11.8. The van der Waals surface area contributed by atoms with Gasteiger partial charge in [0.05, 0.1) is 12.2 Å². The monoisotopic (exact) mass is 370 g/mol. The number of ether oxygens (including phenoxy) is 1. The van der Waals surface area contributed by atoms with Crippen LogP contribution in [0.3, 0.4) is 0 Å². The highest BCUT2D eigenvalue weighted by Gasteiger charge is 2.16. The highest BCUT2D eigenvalue weighted by molar-refractivity contribution is 7.15. The molecule has 0 spiro atoms. The summed E-state index contributed by atoms with van der Waals surface area (Å²) >= 11 is 1.56. The van der Waals surface area contributed by atoms with Crippen LogP contribution in [0, 0.1) is 12.7 Å². The molecule has 1 N–H and O–H groups in total. The van der Waals surface area contributed by atoms with Crippen molar-refractivity contribution < 1.29 is 13.9 Å². The molecule has 0 aliphatic carbocycles. The Morgan fingerprint density at radius 1 is 1.23 bits per heavy atom. The van der Waals surface area contributed by atoms with Gasteiger partial charge in [-0.25, -0.2) is 9.37 Å². The van der Waals surface area contributed by atoms with Crippen LogP contribution in [0.4, 0.5) is 4.39 Å². The zero-order chi connectivity index (χ0) is 18.5. The Bertz CT molecular complexity index is 896. The van der Waals surface area contributed by atoms with Crippen molar-refractivity contribution in [3.05, 3.63) is 71.0 Å². The molecule has 2 aromatic carbocycles. The summed E-state index contributed by atoms with van der Waals surface area (Å²) in [5, 5.41) is 3.78. The van der Waals surface area contributed by atoms with E-state index in [0.717, 1.165) is 21.1 Å². The van der Waals surface area contributed by atoms with Crippen molar-refractivity contribution in [1.82, 2.24) is 10.3 Å². The molecule has 0 saturated carbocycles. The van der Waals surface area contributed by atoms with Gasteiger partial charge in [-0.1, -0.05) is 36.4 Å². The molecule has 3 aromatic rings. The van der Waals surface area contributed by atoms with Gasteiger partial charge in [0.2, 0.25) is 0 Å². The Kier molecular flexibility index (Phi) is 5.63. The molecule has 0 aliphatic heterocycles. The van der Waals surface area contributed by atoms with Crippen LogP contribution in [-0.4, -0.2) is 17.0 Å². The maximum atomic E-state index is 13.2. The number of carbonyl (C=O) groups excluding carboxylic acids is 1. The number of nitrogens with zero attached hydrogens (tertiary/aromatic N) is 1. The average molecular weight is 370 g/mol. The Balaban J connectivity index is 1.60. The second-order valence-corrected chi connectivity index (χ2v) is 6.91. The van der Waals surface area contributed by atoms with Crippen LogP contribution < -0.4 is 10.1 Å². The van der Waals surface area contributed by atoms with E-state index in [9.17, 15) is 9.18 Å². The van der Waals surface area contributed by atoms with Crippen LogP contribution in [0.15, 0.2) is 54.6 Å². The first kappa shape index (κ1) is 18.1. The molecule has 0 radical (unpaired) electrons. The topological polar surface area (TPSA) is 51.2 Å². The number of aryl methyl sites for hydroxylation is 1. The summed E-state index contributed by atoms with van der Waals surface area (Å²) < 4.78 is 18.7. The quantitative estimate of drug-likeness (QED) is 0.702. The third kappa shape index (κ3) is 4.46. The van der Waals surface area contributed by atoms with Gasteiger partial charge in [-0.05, 0) is 26.0 Å². The molecular formula is C20H19FN2O2S. The SMILES string of the molecule is Cc1nc(-c2ccccc2)sc1CNC(=O)C(C)Oc1cccc(F)c1. The molecule has 0 fully saturated rings. The number of halogens is 1. The van der Waals surface area contributed by atoms with Gasteiger partial charge in [0.25, 0.3) is 5.91 Å². The molecule has 1 atom stereocenters. The molecular weight excluding hydrogens is 351 g/mol. The van der Waals surface area contributed by atoms with Crippen molar-refractivity contribution in [2.24, 2.45) is 0 Å². The predicted molar refractivity (Wildman–Crippen MR) is 101 cm³/mol. The van der Waals surface area contributed by atoms with E-state index in [4.69, 9.17) is 4.74 Å². The third-order valence-electron chi connectivity index (χ3n) is 3.81. The molecule has 6 heteroatoms. The zero-order valence-corrected chi connectivity index (χ0v) is 15.3. The van der Waals surface area contributed by atoms with Crippen LogP contribution in [0.1, 0.15) is 17.5 Å². The fraction of sp³-hybridized carbons (Fsp3) is 0.200. The van der Waals surface area contributed by atoms with E-state index < -0.39 is 11.9 Å². The van der Waals surface area contributed by atoms with Gasteiger partial charge in [-0.15, -0.1) is 11.3 Å². The Morgan fingerprint density at radius 2 is 2.00 bits per heavy atom. The van der Waals surface area contributed by atoms with Crippen molar-refractivity contribution in [2.75, 3.05) is 0 Å². The van der Waals surface area contributed by atoms with E-state index >= 15 is 0 Å². The van der Waals surface area contributed by atoms with E-state index in [1.54, 1.807) is 30.4 Å². The summed E-state index contributed by atoms with van der Waals surface area (Å²) in [6.07, 6.45) is -0.723. The molecule has 1 aromatic heterocycles. The number of aromatic nitrogens is 1. The van der Waals surface area contributed by atoms with E-state index in [0.29, 0.717) is 12.3 Å². The molecule has 4 nitrogen and oxygen atoms in total. The maximum absolute atomic E-state index is 13.2. The molecule has 1 unspecified atom stereocenters. The summed E-state index contributed by atoms with van der Waals surface area (Å²) in [4.78, 5) is 17.8. The third-order valence-corrected chi connectivity index (χ3v) is 5.02. The van der Waals surface area contributed by atoms with Crippen molar-refractivity contribution in [1.29, 1.82) is 0 Å². The Hall–Kier alpha value is -2.73. The largest absolute Gasteiger partial charge is 0.481 e. The lowest BCUT2D eigenvalue weighted by molar-refractivity contribution is -0.127. The summed E-state index contributed by atoms with van der Waals surface area (Å²) in [5.41, 5.74) is 1.95. The molecule has 0 saturated heterocycles. The number of rotatable bonds is 6. The number of thiazole rings is 1. The van der Waals surface area contributed by atoms with Crippen LogP contribution in [0.5, 0.6) is 5.75 Å². The first-order valence-electron chi connectivity index (χ1n) is 8.24. The number of carbonyl (C=O) groups is 1. The zero-order valence-electron chi connectivity index (χ0n) is 14.5. The lowest BCUT2D eigenvalue weighted by Crippen LogP contribution is -2.35. The van der Waals surface area contributed by atoms with Crippen molar-refractivity contribution in [3.63, 3.8) is 0 Å². The van der Waals surface area contributed by atoms with E-state index in [-0.39, 0.29) is 5.91 Å². The summed E-state index contributed by atoms with van der Waals surface area (Å²) in [6.45, 7) is 3.94. The smallest absolute Gasteiger partial charge is 0.261 e. The molecule has 1 amide bonds. The highest BCUT2D eigenvalue weighted by atomic mass is 32.1. The minimum Gasteiger partial charge on any atom is -0.481 e. The minimum absolute atomic E-state index is 0.261. The second kappa shape index (κ2) is 8.10. The van der Waals surface area contributed by atoms with E-state index in [1.807, 2.05) is 37.3 Å². The van der Waals surface area contributed by atoms with Crippen molar-refractivity contribution in [2.45, 2.75) is 26.5 Å². The Morgan fingerprint density at radius 3 is 2.73 bits per heavy atom. The summed E-state index contributed by atoms with van der Waals surface area (Å²) in [6, 6.07) is 15.7. The molecule has 0 aliphatic rings. The maximum Gasteiger partial charge on any atom is 0.261 e. The van der Waals surface area contributed by atoms with Gasteiger partial charge in [-0.2, -0.15) is 0 Å². The molecule has 0 bridgehead atoms. The molecule has 3 rings (SSSR count). The number of hydrogen-bond acceptors (Lipinski definition) is 4. The van der Waals surface area contributed by atoms with E-state index in [1.165, 1.54) is 12.1 Å². The van der Waals surface area contributed by atoms with Crippen LogP contribution >= 0.6 is 11.3 Å². The van der Waals surface area contributed by atoms with Gasteiger partial charge in [0, 0.05) is 16.5 Å². The minimum atomic E-state index is -0.723. The van der Waals surface area contributed by atoms with Crippen LogP contribution in [0.2, 0.25) is 0 Å². The molecule has 134 valence electrons. The number of nitrogens with one attached hydrogen (secondary N) is 1. The van der Waals surface area contributed by atoms with Gasteiger partial charge in [-0.3, -0.25) is 4.79 Å². The van der Waals surface area contributed by atoms with Gasteiger partial charge >= 0.3 is 0 Å².